The average molecular weight is 361 g/mol. The summed E-state index contributed by atoms with van der Waals surface area (Å²) >= 11 is 0. The van der Waals surface area contributed by atoms with E-state index in [9.17, 15) is 4.79 Å². The average Bonchev–Trinajstić information content (AvgIpc) is 3.15. The molecule has 0 unspecified atom stereocenters. The van der Waals surface area contributed by atoms with Crippen LogP contribution in [0, 0.1) is 0 Å². The summed E-state index contributed by atoms with van der Waals surface area (Å²) in [6.45, 7) is 4.69. The normalized spacial score (nSPS) is 15.3. The van der Waals surface area contributed by atoms with E-state index in [1.165, 1.54) is 22.0 Å². The van der Waals surface area contributed by atoms with Crippen molar-refractivity contribution in [1.82, 2.24) is 14.8 Å². The Labute approximate surface area is 160 Å². The zero-order valence-electron chi connectivity index (χ0n) is 15.7. The van der Waals surface area contributed by atoms with Gasteiger partial charge in [-0.05, 0) is 30.0 Å². The van der Waals surface area contributed by atoms with E-state index in [0.717, 1.165) is 45.6 Å². The lowest BCUT2D eigenvalue weighted by Gasteiger charge is -2.34. The van der Waals surface area contributed by atoms with Crippen LogP contribution in [0.1, 0.15) is 17.5 Å². The highest BCUT2D eigenvalue weighted by atomic mass is 16.2. The number of nitrogens with zero attached hydrogens (tertiary/aromatic N) is 2. The van der Waals surface area contributed by atoms with Crippen LogP contribution in [0.25, 0.3) is 10.9 Å². The molecular weight excluding hydrogens is 334 g/mol. The molecule has 0 saturated carbocycles. The predicted octanol–water partition coefficient (Wildman–Crippen LogP) is 3.49. The molecule has 1 aliphatic heterocycles. The number of fused-ring (bicyclic) bond motifs is 1. The van der Waals surface area contributed by atoms with Gasteiger partial charge in [0.25, 0.3) is 0 Å². The minimum atomic E-state index is 0.287. The number of aryl methyl sites for hydroxylation is 1. The number of rotatable bonds is 6. The van der Waals surface area contributed by atoms with E-state index >= 15 is 0 Å². The molecule has 1 amide bonds. The molecule has 1 N–H and O–H groups in total. The van der Waals surface area contributed by atoms with Crippen LogP contribution >= 0.6 is 0 Å². The molecule has 140 valence electrons. The van der Waals surface area contributed by atoms with Gasteiger partial charge >= 0.3 is 0 Å². The number of hydrogen-bond acceptors (Lipinski definition) is 2. The van der Waals surface area contributed by atoms with Gasteiger partial charge in [0.15, 0.2) is 0 Å². The molecule has 3 aromatic rings. The van der Waals surface area contributed by atoms with Gasteiger partial charge in [-0.2, -0.15) is 0 Å². The van der Waals surface area contributed by atoms with E-state index < -0.39 is 0 Å². The van der Waals surface area contributed by atoms with Gasteiger partial charge in [-0.25, -0.2) is 0 Å². The Bertz CT molecular complexity index is 879. The van der Waals surface area contributed by atoms with Gasteiger partial charge in [-0.15, -0.1) is 0 Å². The SMILES string of the molecule is O=C(CCc1ccccc1)N1CCN(CCc2c[nH]c3ccccc23)CC1. The van der Waals surface area contributed by atoms with Crippen molar-refractivity contribution in [2.75, 3.05) is 32.7 Å². The molecule has 4 rings (SSSR count). The summed E-state index contributed by atoms with van der Waals surface area (Å²) in [4.78, 5) is 20.3. The number of benzene rings is 2. The molecular formula is C23H27N3O. The first-order valence-corrected chi connectivity index (χ1v) is 9.88. The number of H-pyrrole nitrogens is 1. The molecule has 4 nitrogen and oxygen atoms in total. The second-order valence-electron chi connectivity index (χ2n) is 7.32. The highest BCUT2D eigenvalue weighted by Gasteiger charge is 2.20. The van der Waals surface area contributed by atoms with Gasteiger partial charge in [-0.1, -0.05) is 48.5 Å². The van der Waals surface area contributed by atoms with Crippen LogP contribution in [0.5, 0.6) is 0 Å². The molecule has 0 aliphatic carbocycles. The first-order valence-electron chi connectivity index (χ1n) is 9.88. The summed E-state index contributed by atoms with van der Waals surface area (Å²) in [6.07, 6.45) is 4.62. The Morgan fingerprint density at radius 3 is 2.44 bits per heavy atom. The number of aromatic nitrogens is 1. The Hall–Kier alpha value is -2.59. The quantitative estimate of drug-likeness (QED) is 0.730. The summed E-state index contributed by atoms with van der Waals surface area (Å²) in [7, 11) is 0. The lowest BCUT2D eigenvalue weighted by molar-refractivity contribution is -0.132. The third kappa shape index (κ3) is 4.40. The van der Waals surface area contributed by atoms with Crippen LogP contribution in [-0.4, -0.2) is 53.4 Å². The van der Waals surface area contributed by atoms with Crippen LogP contribution < -0.4 is 0 Å². The van der Waals surface area contributed by atoms with Crippen LogP contribution in [0.3, 0.4) is 0 Å². The van der Waals surface area contributed by atoms with Crippen molar-refractivity contribution < 1.29 is 4.79 Å². The first-order chi connectivity index (χ1) is 13.3. The molecule has 2 aromatic carbocycles. The maximum absolute atomic E-state index is 12.5. The largest absolute Gasteiger partial charge is 0.361 e. The number of para-hydroxylation sites is 1. The number of amides is 1. The van der Waals surface area contributed by atoms with E-state index in [-0.39, 0.29) is 5.91 Å². The number of hydrogen-bond donors (Lipinski definition) is 1. The maximum atomic E-state index is 12.5. The summed E-state index contributed by atoms with van der Waals surface area (Å²) in [5.41, 5.74) is 3.83. The highest BCUT2D eigenvalue weighted by Crippen LogP contribution is 2.18. The van der Waals surface area contributed by atoms with Crippen LogP contribution in [0.15, 0.2) is 60.8 Å². The van der Waals surface area contributed by atoms with Crippen LogP contribution in [0.2, 0.25) is 0 Å². The number of nitrogens with one attached hydrogen (secondary N) is 1. The van der Waals surface area contributed by atoms with Crippen molar-refractivity contribution in [3.05, 3.63) is 71.9 Å². The molecule has 1 saturated heterocycles. The Balaban J connectivity index is 1.22. The van der Waals surface area contributed by atoms with E-state index in [4.69, 9.17) is 0 Å². The van der Waals surface area contributed by atoms with Crippen molar-refractivity contribution in [2.24, 2.45) is 0 Å². The fraction of sp³-hybridized carbons (Fsp3) is 0.348. The number of carbonyl (C=O) groups excluding carboxylic acids is 1. The summed E-state index contributed by atoms with van der Waals surface area (Å²) in [5, 5.41) is 1.33. The molecule has 0 spiro atoms. The summed E-state index contributed by atoms with van der Waals surface area (Å²) in [5.74, 6) is 0.287. The lowest BCUT2D eigenvalue weighted by atomic mass is 10.1. The Kier molecular flexibility index (Phi) is 5.54. The third-order valence-corrected chi connectivity index (χ3v) is 5.57. The molecule has 1 aliphatic rings. The van der Waals surface area contributed by atoms with Gasteiger partial charge < -0.3 is 9.88 Å². The molecule has 1 fully saturated rings. The van der Waals surface area contributed by atoms with Crippen molar-refractivity contribution in [2.45, 2.75) is 19.3 Å². The van der Waals surface area contributed by atoms with E-state index in [1.807, 2.05) is 23.1 Å². The van der Waals surface area contributed by atoms with Crippen molar-refractivity contribution in [3.8, 4) is 0 Å². The zero-order valence-corrected chi connectivity index (χ0v) is 15.7. The minimum Gasteiger partial charge on any atom is -0.361 e. The smallest absolute Gasteiger partial charge is 0.222 e. The van der Waals surface area contributed by atoms with E-state index in [0.29, 0.717) is 6.42 Å². The molecule has 2 heterocycles. The fourth-order valence-corrected chi connectivity index (χ4v) is 3.89. The second kappa shape index (κ2) is 8.40. The topological polar surface area (TPSA) is 39.3 Å². The van der Waals surface area contributed by atoms with E-state index in [2.05, 4.69) is 52.5 Å². The Morgan fingerprint density at radius 2 is 1.63 bits per heavy atom. The monoisotopic (exact) mass is 361 g/mol. The summed E-state index contributed by atoms with van der Waals surface area (Å²) in [6, 6.07) is 18.7. The highest BCUT2D eigenvalue weighted by molar-refractivity contribution is 5.83. The molecule has 0 bridgehead atoms. The molecule has 4 heteroatoms. The second-order valence-corrected chi connectivity index (χ2v) is 7.32. The summed E-state index contributed by atoms with van der Waals surface area (Å²) < 4.78 is 0. The van der Waals surface area contributed by atoms with Gasteiger partial charge in [0, 0.05) is 56.2 Å². The number of carbonyl (C=O) groups is 1. The standard InChI is InChI=1S/C23H27N3O/c27-23(11-10-19-6-2-1-3-7-19)26-16-14-25(15-17-26)13-12-20-18-24-22-9-5-4-8-21(20)22/h1-9,18,24H,10-17H2. The van der Waals surface area contributed by atoms with Gasteiger partial charge in [0.1, 0.15) is 0 Å². The number of piperazine rings is 1. The Morgan fingerprint density at radius 1 is 0.889 bits per heavy atom. The third-order valence-electron chi connectivity index (χ3n) is 5.57. The zero-order chi connectivity index (χ0) is 18.5. The predicted molar refractivity (Wildman–Crippen MR) is 110 cm³/mol. The van der Waals surface area contributed by atoms with Crippen molar-refractivity contribution >= 4 is 16.8 Å². The van der Waals surface area contributed by atoms with Crippen molar-refractivity contribution in [3.63, 3.8) is 0 Å². The molecule has 27 heavy (non-hydrogen) atoms. The minimum absolute atomic E-state index is 0.287. The fourth-order valence-electron chi connectivity index (χ4n) is 3.89. The first kappa shape index (κ1) is 17.8. The van der Waals surface area contributed by atoms with Gasteiger partial charge in [0.2, 0.25) is 5.91 Å². The molecule has 0 atom stereocenters. The van der Waals surface area contributed by atoms with Crippen LogP contribution in [-0.2, 0) is 17.6 Å². The molecule has 1 aromatic heterocycles. The lowest BCUT2D eigenvalue weighted by Crippen LogP contribution is -2.49. The maximum Gasteiger partial charge on any atom is 0.222 e. The van der Waals surface area contributed by atoms with Gasteiger partial charge in [0.05, 0.1) is 0 Å². The number of aromatic amines is 1. The van der Waals surface area contributed by atoms with E-state index in [1.54, 1.807) is 0 Å². The van der Waals surface area contributed by atoms with Crippen molar-refractivity contribution in [1.29, 1.82) is 0 Å². The molecule has 0 radical (unpaired) electrons. The van der Waals surface area contributed by atoms with Gasteiger partial charge in [-0.3, -0.25) is 9.69 Å². The van der Waals surface area contributed by atoms with Crippen LogP contribution in [0.4, 0.5) is 0 Å².